The monoisotopic (exact) mass is 576 g/mol. The zero-order valence-corrected chi connectivity index (χ0v) is 25.6. The summed E-state index contributed by atoms with van der Waals surface area (Å²) in [5, 5.41) is 5.23. The molecule has 0 spiro atoms. The van der Waals surface area contributed by atoms with Gasteiger partial charge in [0.2, 0.25) is 0 Å². The van der Waals surface area contributed by atoms with Gasteiger partial charge in [-0.05, 0) is 93.3 Å². The van der Waals surface area contributed by atoms with Gasteiger partial charge in [-0.25, -0.2) is 9.78 Å². The van der Waals surface area contributed by atoms with E-state index in [-0.39, 0.29) is 11.5 Å². The molecule has 5 rings (SSSR count). The third-order valence-electron chi connectivity index (χ3n) is 7.58. The maximum atomic E-state index is 13.9. The lowest BCUT2D eigenvalue weighted by molar-refractivity contribution is 0.0600. The van der Waals surface area contributed by atoms with Crippen LogP contribution in [0.5, 0.6) is 5.75 Å². The van der Waals surface area contributed by atoms with Gasteiger partial charge < -0.3 is 14.0 Å². The summed E-state index contributed by atoms with van der Waals surface area (Å²) in [6, 6.07) is 20.7. The Kier molecular flexibility index (Phi) is 8.30. The molecular formula is C35H36N4O4. The van der Waals surface area contributed by atoms with Gasteiger partial charge in [-0.3, -0.25) is 4.79 Å². The van der Waals surface area contributed by atoms with Crippen LogP contribution < -0.4 is 10.3 Å². The second-order valence-corrected chi connectivity index (χ2v) is 10.8. The van der Waals surface area contributed by atoms with E-state index in [0.717, 1.165) is 45.1 Å². The van der Waals surface area contributed by atoms with E-state index >= 15 is 0 Å². The molecule has 0 atom stereocenters. The van der Waals surface area contributed by atoms with E-state index in [2.05, 4.69) is 19.9 Å². The molecule has 0 aliphatic carbocycles. The number of fused-ring (bicyclic) bond motifs is 1. The molecule has 2 aromatic heterocycles. The number of carbonyl (C=O) groups is 1. The van der Waals surface area contributed by atoms with E-state index in [1.54, 1.807) is 24.4 Å². The number of para-hydroxylation sites is 1. The van der Waals surface area contributed by atoms with Gasteiger partial charge >= 0.3 is 5.97 Å². The van der Waals surface area contributed by atoms with Crippen LogP contribution in [-0.2, 0) is 4.74 Å². The van der Waals surface area contributed by atoms with Crippen LogP contribution >= 0.6 is 0 Å². The number of methoxy groups -OCH3 is 1. The Labute approximate surface area is 251 Å². The molecule has 0 unspecified atom stereocenters. The van der Waals surface area contributed by atoms with Crippen molar-refractivity contribution in [3.8, 4) is 22.8 Å². The molecule has 0 saturated heterocycles. The number of rotatable bonds is 8. The highest BCUT2D eigenvalue weighted by Gasteiger charge is 2.19. The lowest BCUT2D eigenvalue weighted by Crippen LogP contribution is -2.21. The largest absolute Gasteiger partial charge is 0.494 e. The number of aromatic nitrogens is 3. The lowest BCUT2D eigenvalue weighted by atomic mass is 9.96. The highest BCUT2D eigenvalue weighted by Crippen LogP contribution is 2.34. The molecule has 0 radical (unpaired) electrons. The molecule has 3 aromatic carbocycles. The van der Waals surface area contributed by atoms with Crippen molar-refractivity contribution in [2.45, 2.75) is 47.5 Å². The van der Waals surface area contributed by atoms with Crippen LogP contribution in [-0.4, -0.2) is 40.1 Å². The summed E-state index contributed by atoms with van der Waals surface area (Å²) in [6.45, 7) is 12.7. The minimum atomic E-state index is -0.396. The van der Waals surface area contributed by atoms with Crippen LogP contribution in [0.1, 0.15) is 65.1 Å². The maximum Gasteiger partial charge on any atom is 0.337 e. The number of nitrogens with zero attached hydrogens (tertiary/aromatic N) is 4. The van der Waals surface area contributed by atoms with Gasteiger partial charge in [-0.15, -0.1) is 0 Å². The Bertz CT molecular complexity index is 1930. The molecule has 0 fully saturated rings. The molecular weight excluding hydrogens is 540 g/mol. The Morgan fingerprint density at radius 1 is 1.02 bits per heavy atom. The van der Waals surface area contributed by atoms with Crippen molar-refractivity contribution in [2.75, 3.05) is 13.7 Å². The van der Waals surface area contributed by atoms with Crippen LogP contribution in [0.15, 0.2) is 76.6 Å². The number of hydrogen-bond donors (Lipinski definition) is 0. The first-order chi connectivity index (χ1) is 20.6. The molecule has 8 heteroatoms. The fourth-order valence-electron chi connectivity index (χ4n) is 5.40. The summed E-state index contributed by atoms with van der Waals surface area (Å²) in [5.74, 6) is 1.10. The van der Waals surface area contributed by atoms with E-state index in [0.29, 0.717) is 28.9 Å². The van der Waals surface area contributed by atoms with Gasteiger partial charge in [0.05, 0.1) is 36.4 Å². The normalized spacial score (nSPS) is 11.5. The van der Waals surface area contributed by atoms with Crippen LogP contribution in [0.2, 0.25) is 0 Å². The Balaban J connectivity index is 1.67. The number of benzene rings is 3. The summed E-state index contributed by atoms with van der Waals surface area (Å²) in [5.41, 5.74) is 7.13. The summed E-state index contributed by atoms with van der Waals surface area (Å²) < 4.78 is 14.3. The number of esters is 1. The van der Waals surface area contributed by atoms with Crippen LogP contribution in [0.4, 0.5) is 0 Å². The average molecular weight is 577 g/mol. The fraction of sp³-hybridized carbons (Fsp3) is 0.257. The van der Waals surface area contributed by atoms with Crippen molar-refractivity contribution in [2.24, 2.45) is 5.10 Å². The summed E-state index contributed by atoms with van der Waals surface area (Å²) in [6.07, 6.45) is 1.69. The van der Waals surface area contributed by atoms with Gasteiger partial charge in [-0.2, -0.15) is 9.78 Å². The molecule has 0 amide bonds. The Morgan fingerprint density at radius 3 is 2.51 bits per heavy atom. The third-order valence-corrected chi connectivity index (χ3v) is 7.58. The standard InChI is InChI=1S/C35H36N4O4/c1-8-43-32-16-22(4)30(19-29(32)21(2)3)33-37-31-15-10-9-14-28(31)34(40)39(33)36-20-26-17-23(5)38(24(26)6)27-13-11-12-25(18-27)35(41)42-7/h9-21H,8H2,1-7H3. The third kappa shape index (κ3) is 5.60. The predicted octanol–water partition coefficient (Wildman–Crippen LogP) is 6.97. The topological polar surface area (TPSA) is 87.7 Å². The molecule has 0 bridgehead atoms. The highest BCUT2D eigenvalue weighted by atomic mass is 16.5. The Hall–Kier alpha value is -4.98. The van der Waals surface area contributed by atoms with Crippen molar-refractivity contribution in [1.29, 1.82) is 0 Å². The number of hydrogen-bond acceptors (Lipinski definition) is 6. The molecule has 8 nitrogen and oxygen atoms in total. The number of ether oxygens (including phenoxy) is 2. The van der Waals surface area contributed by atoms with Crippen molar-refractivity contribution >= 4 is 23.1 Å². The van der Waals surface area contributed by atoms with E-state index in [4.69, 9.17) is 19.6 Å². The molecule has 43 heavy (non-hydrogen) atoms. The van der Waals surface area contributed by atoms with Crippen LogP contribution in [0.3, 0.4) is 0 Å². The summed E-state index contributed by atoms with van der Waals surface area (Å²) in [7, 11) is 1.37. The first-order valence-corrected chi connectivity index (χ1v) is 14.4. The SMILES string of the molecule is CCOc1cc(C)c(-c2nc3ccccc3c(=O)n2N=Cc2cc(C)n(-c3cccc(C(=O)OC)c3)c2C)cc1C(C)C. The van der Waals surface area contributed by atoms with Crippen LogP contribution in [0, 0.1) is 20.8 Å². The van der Waals surface area contributed by atoms with Gasteiger partial charge in [0.15, 0.2) is 5.82 Å². The second kappa shape index (κ2) is 12.1. The second-order valence-electron chi connectivity index (χ2n) is 10.8. The first kappa shape index (κ1) is 29.5. The first-order valence-electron chi connectivity index (χ1n) is 14.4. The van der Waals surface area contributed by atoms with E-state index in [9.17, 15) is 9.59 Å². The Morgan fingerprint density at radius 2 is 1.79 bits per heavy atom. The molecule has 0 N–H and O–H groups in total. The van der Waals surface area contributed by atoms with Gasteiger partial charge in [0.25, 0.3) is 5.56 Å². The average Bonchev–Trinajstić information content (AvgIpc) is 3.28. The molecule has 5 aromatic rings. The van der Waals surface area contributed by atoms with Crippen molar-refractivity contribution < 1.29 is 14.3 Å². The van der Waals surface area contributed by atoms with Crippen molar-refractivity contribution in [1.82, 2.24) is 14.2 Å². The molecule has 0 aliphatic heterocycles. The lowest BCUT2D eigenvalue weighted by Gasteiger charge is -2.18. The molecule has 0 saturated carbocycles. The van der Waals surface area contributed by atoms with Gasteiger partial charge in [-0.1, -0.05) is 32.0 Å². The van der Waals surface area contributed by atoms with E-state index < -0.39 is 5.97 Å². The van der Waals surface area contributed by atoms with Gasteiger partial charge in [0, 0.05) is 28.2 Å². The van der Waals surface area contributed by atoms with Crippen LogP contribution in [0.25, 0.3) is 28.0 Å². The zero-order chi connectivity index (χ0) is 30.8. The zero-order valence-electron chi connectivity index (χ0n) is 25.6. The summed E-state index contributed by atoms with van der Waals surface area (Å²) >= 11 is 0. The fourth-order valence-corrected chi connectivity index (χ4v) is 5.40. The molecule has 2 heterocycles. The smallest absolute Gasteiger partial charge is 0.337 e. The van der Waals surface area contributed by atoms with E-state index in [1.807, 2.05) is 74.7 Å². The quantitative estimate of drug-likeness (QED) is 0.147. The maximum absolute atomic E-state index is 13.9. The highest BCUT2D eigenvalue weighted by molar-refractivity contribution is 5.90. The number of carbonyl (C=O) groups excluding carboxylic acids is 1. The number of aryl methyl sites for hydroxylation is 2. The minimum Gasteiger partial charge on any atom is -0.494 e. The van der Waals surface area contributed by atoms with Crippen molar-refractivity contribution in [3.63, 3.8) is 0 Å². The van der Waals surface area contributed by atoms with E-state index in [1.165, 1.54) is 11.8 Å². The summed E-state index contributed by atoms with van der Waals surface area (Å²) in [4.78, 5) is 31.0. The van der Waals surface area contributed by atoms with Crippen molar-refractivity contribution in [3.05, 3.63) is 111 Å². The molecule has 220 valence electrons. The molecule has 0 aliphatic rings. The minimum absolute atomic E-state index is 0.202. The van der Waals surface area contributed by atoms with Gasteiger partial charge in [0.1, 0.15) is 5.75 Å². The predicted molar refractivity (Wildman–Crippen MR) is 171 cm³/mol.